The number of carbonyl (C=O) groups is 1. The van der Waals surface area contributed by atoms with Crippen LogP contribution < -0.4 is 0 Å². The zero-order chi connectivity index (χ0) is 15.2. The van der Waals surface area contributed by atoms with Gasteiger partial charge in [0.15, 0.2) is 0 Å². The predicted molar refractivity (Wildman–Crippen MR) is 77.4 cm³/mol. The van der Waals surface area contributed by atoms with Gasteiger partial charge in [-0.1, -0.05) is 42.5 Å². The second kappa shape index (κ2) is 7.36. The molecule has 2 rings (SSSR count). The number of aliphatic hydroxyl groups is 1. The lowest BCUT2D eigenvalue weighted by molar-refractivity contribution is -0.179. The van der Waals surface area contributed by atoms with Crippen LogP contribution in [0.15, 0.2) is 42.5 Å². The minimum atomic E-state index is -0.758. The summed E-state index contributed by atoms with van der Waals surface area (Å²) in [6.07, 6.45) is 3.47. The van der Waals surface area contributed by atoms with Crippen LogP contribution in [0.3, 0.4) is 0 Å². The third-order valence-electron chi connectivity index (χ3n) is 3.66. The Hall–Kier alpha value is -1.69. The molecule has 1 aliphatic carbocycles. The first kappa shape index (κ1) is 15.7. The monoisotopic (exact) mass is 291 g/mol. The van der Waals surface area contributed by atoms with E-state index in [9.17, 15) is 15.1 Å². The highest BCUT2D eigenvalue weighted by molar-refractivity contribution is 5.72. The van der Waals surface area contributed by atoms with Gasteiger partial charge in [-0.05, 0) is 12.0 Å². The van der Waals surface area contributed by atoms with Crippen LogP contribution in [0.1, 0.15) is 18.9 Å². The summed E-state index contributed by atoms with van der Waals surface area (Å²) in [5.74, 6) is -0.735. The quantitative estimate of drug-likeness (QED) is 0.476. The van der Waals surface area contributed by atoms with Crippen molar-refractivity contribution in [1.82, 2.24) is 5.06 Å². The van der Waals surface area contributed by atoms with Gasteiger partial charge >= 0.3 is 0 Å². The van der Waals surface area contributed by atoms with Crippen LogP contribution in [-0.2, 0) is 16.1 Å². The van der Waals surface area contributed by atoms with Gasteiger partial charge in [-0.2, -0.15) is 0 Å². The van der Waals surface area contributed by atoms with Crippen molar-refractivity contribution in [3.63, 3.8) is 0 Å². The molecule has 0 heterocycles. The number of carbonyl (C=O) groups excluding carboxylic acids is 1. The molecule has 2 N–H and O–H groups in total. The summed E-state index contributed by atoms with van der Waals surface area (Å²) in [7, 11) is 0. The summed E-state index contributed by atoms with van der Waals surface area (Å²) in [4.78, 5) is 11.2. The van der Waals surface area contributed by atoms with E-state index in [-0.39, 0.29) is 12.5 Å². The summed E-state index contributed by atoms with van der Waals surface area (Å²) in [6.45, 7) is 1.88. The van der Waals surface area contributed by atoms with Gasteiger partial charge in [0, 0.05) is 12.8 Å². The Labute approximate surface area is 124 Å². The molecule has 1 aromatic carbocycles. The van der Waals surface area contributed by atoms with Crippen LogP contribution in [0.2, 0.25) is 0 Å². The molecular weight excluding hydrogens is 270 g/mol. The van der Waals surface area contributed by atoms with Crippen molar-refractivity contribution in [3.05, 3.63) is 48.0 Å². The number of ether oxygens (including phenoxy) is 1. The molecule has 5 heteroatoms. The largest absolute Gasteiger partial charge is 0.390 e. The first-order valence-electron chi connectivity index (χ1n) is 7.04. The Balaban J connectivity index is 1.83. The van der Waals surface area contributed by atoms with Gasteiger partial charge in [-0.25, -0.2) is 5.06 Å². The molecule has 1 amide bonds. The Bertz CT molecular complexity index is 488. The lowest BCUT2D eigenvalue weighted by Gasteiger charge is -2.29. The van der Waals surface area contributed by atoms with Crippen LogP contribution in [0.4, 0.5) is 0 Å². The maximum absolute atomic E-state index is 11.2. The molecule has 2 unspecified atom stereocenters. The van der Waals surface area contributed by atoms with Crippen LogP contribution in [0.25, 0.3) is 0 Å². The lowest BCUT2D eigenvalue weighted by atomic mass is 9.97. The van der Waals surface area contributed by atoms with Crippen LogP contribution in [0, 0.1) is 5.92 Å². The number of hydrogen-bond acceptors (Lipinski definition) is 4. The Morgan fingerprint density at radius 3 is 2.81 bits per heavy atom. The second-order valence-corrected chi connectivity index (χ2v) is 5.24. The molecule has 1 aromatic rings. The molecule has 0 saturated carbocycles. The van der Waals surface area contributed by atoms with Gasteiger partial charge in [0.25, 0.3) is 0 Å². The summed E-state index contributed by atoms with van der Waals surface area (Å²) in [6, 6.07) is 9.29. The van der Waals surface area contributed by atoms with E-state index in [1.54, 1.807) is 0 Å². The zero-order valence-corrected chi connectivity index (χ0v) is 12.1. The van der Waals surface area contributed by atoms with E-state index in [1.165, 1.54) is 6.92 Å². The molecule has 21 heavy (non-hydrogen) atoms. The van der Waals surface area contributed by atoms with E-state index in [1.807, 2.05) is 42.5 Å². The van der Waals surface area contributed by atoms with Gasteiger partial charge in [0.2, 0.25) is 5.91 Å². The minimum absolute atomic E-state index is 0.159. The maximum Gasteiger partial charge on any atom is 0.243 e. The Morgan fingerprint density at radius 2 is 2.14 bits per heavy atom. The molecule has 0 radical (unpaired) electrons. The van der Waals surface area contributed by atoms with Crippen LogP contribution in [-0.4, -0.2) is 40.0 Å². The average Bonchev–Trinajstić information content (AvgIpc) is 2.96. The van der Waals surface area contributed by atoms with Gasteiger partial charge in [-0.3, -0.25) is 10.0 Å². The molecule has 0 bridgehead atoms. The number of hydroxylamine groups is 2. The minimum Gasteiger partial charge on any atom is -0.390 e. The maximum atomic E-state index is 11.2. The summed E-state index contributed by atoms with van der Waals surface area (Å²) >= 11 is 0. The molecular formula is C16H21NO4. The number of rotatable bonds is 6. The summed E-state index contributed by atoms with van der Waals surface area (Å²) in [5.41, 5.74) is 1.04. The van der Waals surface area contributed by atoms with Gasteiger partial charge in [0.05, 0.1) is 25.4 Å². The van der Waals surface area contributed by atoms with Crippen LogP contribution >= 0.6 is 0 Å². The fourth-order valence-electron chi connectivity index (χ4n) is 2.52. The molecule has 1 aliphatic rings. The Morgan fingerprint density at radius 1 is 1.43 bits per heavy atom. The lowest BCUT2D eigenvalue weighted by Crippen LogP contribution is -2.43. The molecule has 5 nitrogen and oxygen atoms in total. The van der Waals surface area contributed by atoms with E-state index >= 15 is 0 Å². The van der Waals surface area contributed by atoms with E-state index in [4.69, 9.17) is 4.74 Å². The molecule has 0 aliphatic heterocycles. The van der Waals surface area contributed by atoms with Gasteiger partial charge < -0.3 is 9.84 Å². The highest BCUT2D eigenvalue weighted by Crippen LogP contribution is 2.26. The van der Waals surface area contributed by atoms with E-state index < -0.39 is 18.1 Å². The summed E-state index contributed by atoms with van der Waals surface area (Å²) < 4.78 is 5.51. The fraction of sp³-hybridized carbons (Fsp3) is 0.438. The SMILES string of the molecule is CC(=O)N(O)[C@@H]1CC=CC1C(O)COCc1ccccc1. The number of hydrogen-bond donors (Lipinski definition) is 2. The van der Waals surface area contributed by atoms with Crippen molar-refractivity contribution in [3.8, 4) is 0 Å². The van der Waals surface area contributed by atoms with Crippen molar-refractivity contribution < 1.29 is 19.8 Å². The van der Waals surface area contributed by atoms with Crippen molar-refractivity contribution in [2.45, 2.75) is 32.1 Å². The molecule has 0 spiro atoms. The standard InChI is InChI=1S/C16H21NO4/c1-12(18)17(20)15-9-5-8-14(15)16(19)11-21-10-13-6-3-2-4-7-13/h2-8,14-16,19-20H,9-11H2,1H3/t14?,15-,16?/m1/s1. The molecule has 0 saturated heterocycles. The first-order valence-corrected chi connectivity index (χ1v) is 7.04. The van der Waals surface area contributed by atoms with Crippen LogP contribution in [0.5, 0.6) is 0 Å². The van der Waals surface area contributed by atoms with Gasteiger partial charge in [0.1, 0.15) is 0 Å². The van der Waals surface area contributed by atoms with Crippen molar-refractivity contribution in [2.75, 3.05) is 6.61 Å². The van der Waals surface area contributed by atoms with E-state index in [0.29, 0.717) is 18.1 Å². The fourth-order valence-corrected chi connectivity index (χ4v) is 2.52. The van der Waals surface area contributed by atoms with Crippen molar-refractivity contribution >= 4 is 5.91 Å². The summed E-state index contributed by atoms with van der Waals surface area (Å²) in [5, 5.41) is 20.6. The number of aliphatic hydroxyl groups excluding tert-OH is 1. The van der Waals surface area contributed by atoms with Crippen molar-refractivity contribution in [1.29, 1.82) is 0 Å². The topological polar surface area (TPSA) is 70.0 Å². The highest BCUT2D eigenvalue weighted by atomic mass is 16.5. The number of amides is 1. The number of nitrogens with zero attached hydrogens (tertiary/aromatic N) is 1. The van der Waals surface area contributed by atoms with Crippen molar-refractivity contribution in [2.24, 2.45) is 5.92 Å². The van der Waals surface area contributed by atoms with E-state index in [0.717, 1.165) is 5.56 Å². The predicted octanol–water partition coefficient (Wildman–Crippen LogP) is 1.75. The average molecular weight is 291 g/mol. The third kappa shape index (κ3) is 4.14. The molecule has 0 aromatic heterocycles. The molecule has 3 atom stereocenters. The highest BCUT2D eigenvalue weighted by Gasteiger charge is 2.34. The molecule has 114 valence electrons. The van der Waals surface area contributed by atoms with Gasteiger partial charge in [-0.15, -0.1) is 0 Å². The third-order valence-corrected chi connectivity index (χ3v) is 3.66. The second-order valence-electron chi connectivity index (χ2n) is 5.24. The zero-order valence-electron chi connectivity index (χ0n) is 12.1. The Kier molecular flexibility index (Phi) is 5.50. The molecule has 0 fully saturated rings. The van der Waals surface area contributed by atoms with E-state index in [2.05, 4.69) is 0 Å². The number of benzene rings is 1. The normalized spacial score (nSPS) is 22.2. The smallest absolute Gasteiger partial charge is 0.243 e. The first-order chi connectivity index (χ1) is 10.1.